The van der Waals surface area contributed by atoms with Crippen LogP contribution in [0.1, 0.15) is 24.8 Å². The average molecular weight is 364 g/mol. The Morgan fingerprint density at radius 2 is 1.80 bits per heavy atom. The first-order valence-electron chi connectivity index (χ1n) is 8.97. The van der Waals surface area contributed by atoms with Gasteiger partial charge in [-0.15, -0.1) is 0 Å². The van der Waals surface area contributed by atoms with E-state index < -0.39 is 6.04 Å². The summed E-state index contributed by atoms with van der Waals surface area (Å²) in [5, 5.41) is 0. The smallest absolute Gasteiger partial charge is 0.239 e. The first kappa shape index (κ1) is 19.8. The molecule has 0 aliphatic carbocycles. The van der Waals surface area contributed by atoms with E-state index in [0.717, 1.165) is 25.1 Å². The van der Waals surface area contributed by atoms with Gasteiger partial charge in [0.05, 0.1) is 6.04 Å². The van der Waals surface area contributed by atoms with Crippen LogP contribution in [0, 0.1) is 0 Å². The molecule has 2 amide bonds. The highest BCUT2D eigenvalue weighted by atomic mass is 32.2. The van der Waals surface area contributed by atoms with E-state index in [1.807, 2.05) is 46.4 Å². The molecule has 1 aromatic carbocycles. The maximum atomic E-state index is 12.5. The monoisotopic (exact) mass is 363 g/mol. The zero-order valence-corrected chi connectivity index (χ0v) is 15.8. The predicted molar refractivity (Wildman–Crippen MR) is 104 cm³/mol. The third-order valence-electron chi connectivity index (χ3n) is 4.58. The minimum atomic E-state index is -0.423. The summed E-state index contributed by atoms with van der Waals surface area (Å²) in [6, 6.07) is 9.64. The second-order valence-electron chi connectivity index (χ2n) is 6.43. The molecule has 1 aliphatic heterocycles. The third-order valence-corrected chi connectivity index (χ3v) is 5.22. The number of carbonyl (C=O) groups excluding carboxylic acids is 2. The molecule has 0 saturated carbocycles. The average Bonchev–Trinajstić information content (AvgIpc) is 2.90. The molecule has 1 heterocycles. The van der Waals surface area contributed by atoms with Crippen LogP contribution in [0.2, 0.25) is 0 Å². The van der Waals surface area contributed by atoms with Gasteiger partial charge in [0.2, 0.25) is 11.8 Å². The standard InChI is InChI=1S/C19H29N3O2S/c1-25-15-10-17(20)19(24)22-12-5-11-21(13-14-22)18(23)9-8-16-6-3-2-4-7-16/h2-4,6-7,17H,5,8-15,20H2,1H3/t17-/m0/s1. The molecule has 1 saturated heterocycles. The number of amides is 2. The van der Waals surface area contributed by atoms with Crippen LogP contribution < -0.4 is 5.73 Å². The SMILES string of the molecule is CSCC[C@H](N)C(=O)N1CCCN(C(=O)CCc2ccccc2)CC1. The van der Waals surface area contributed by atoms with Crippen molar-refractivity contribution in [1.29, 1.82) is 0 Å². The van der Waals surface area contributed by atoms with Crippen molar-refractivity contribution in [2.24, 2.45) is 5.73 Å². The van der Waals surface area contributed by atoms with E-state index in [2.05, 4.69) is 0 Å². The lowest BCUT2D eigenvalue weighted by Crippen LogP contribution is -2.45. The number of hydrogen-bond donors (Lipinski definition) is 1. The van der Waals surface area contributed by atoms with Gasteiger partial charge < -0.3 is 15.5 Å². The topological polar surface area (TPSA) is 66.6 Å². The van der Waals surface area contributed by atoms with E-state index in [9.17, 15) is 9.59 Å². The van der Waals surface area contributed by atoms with E-state index >= 15 is 0 Å². The van der Waals surface area contributed by atoms with Gasteiger partial charge in [0.15, 0.2) is 0 Å². The van der Waals surface area contributed by atoms with Gasteiger partial charge in [-0.25, -0.2) is 0 Å². The summed E-state index contributed by atoms with van der Waals surface area (Å²) in [4.78, 5) is 28.6. The van der Waals surface area contributed by atoms with Crippen molar-refractivity contribution in [1.82, 2.24) is 9.80 Å². The van der Waals surface area contributed by atoms with Crippen LogP contribution in [0.3, 0.4) is 0 Å². The van der Waals surface area contributed by atoms with Crippen LogP contribution in [-0.4, -0.2) is 65.8 Å². The third kappa shape index (κ3) is 6.36. The molecule has 6 heteroatoms. The molecule has 1 aromatic rings. The molecular formula is C19H29N3O2S. The van der Waals surface area contributed by atoms with Gasteiger partial charge in [-0.3, -0.25) is 9.59 Å². The van der Waals surface area contributed by atoms with Gasteiger partial charge in [0, 0.05) is 32.6 Å². The molecule has 0 spiro atoms. The molecular weight excluding hydrogens is 334 g/mol. The van der Waals surface area contributed by atoms with E-state index in [-0.39, 0.29) is 11.8 Å². The minimum absolute atomic E-state index is 0.0210. The Hall–Kier alpha value is -1.53. The van der Waals surface area contributed by atoms with Crippen molar-refractivity contribution in [3.05, 3.63) is 35.9 Å². The number of benzene rings is 1. The van der Waals surface area contributed by atoms with Crippen molar-refractivity contribution < 1.29 is 9.59 Å². The fraction of sp³-hybridized carbons (Fsp3) is 0.579. The Bertz CT molecular complexity index is 553. The summed E-state index contributed by atoms with van der Waals surface area (Å²) in [6.07, 6.45) is 4.82. The molecule has 2 N–H and O–H groups in total. The first-order chi connectivity index (χ1) is 12.1. The van der Waals surface area contributed by atoms with Crippen LogP contribution in [0.25, 0.3) is 0 Å². The normalized spacial score (nSPS) is 16.4. The Kier molecular flexibility index (Phi) is 8.28. The van der Waals surface area contributed by atoms with Gasteiger partial charge in [-0.2, -0.15) is 11.8 Å². The number of thioether (sulfide) groups is 1. The zero-order chi connectivity index (χ0) is 18.1. The van der Waals surface area contributed by atoms with Crippen LogP contribution in [0.5, 0.6) is 0 Å². The Morgan fingerprint density at radius 1 is 1.12 bits per heavy atom. The molecule has 0 unspecified atom stereocenters. The summed E-state index contributed by atoms with van der Waals surface area (Å²) in [7, 11) is 0. The summed E-state index contributed by atoms with van der Waals surface area (Å²) in [5.41, 5.74) is 7.19. The molecule has 1 atom stereocenters. The minimum Gasteiger partial charge on any atom is -0.341 e. The van der Waals surface area contributed by atoms with Crippen molar-refractivity contribution in [3.8, 4) is 0 Å². The number of nitrogens with two attached hydrogens (primary N) is 1. The van der Waals surface area contributed by atoms with Crippen molar-refractivity contribution in [2.75, 3.05) is 38.2 Å². The largest absolute Gasteiger partial charge is 0.341 e. The molecule has 0 aromatic heterocycles. The zero-order valence-electron chi connectivity index (χ0n) is 15.0. The molecule has 2 rings (SSSR count). The molecule has 5 nitrogen and oxygen atoms in total. The van der Waals surface area contributed by atoms with Crippen LogP contribution in [0.15, 0.2) is 30.3 Å². The molecule has 0 radical (unpaired) electrons. The van der Waals surface area contributed by atoms with Crippen molar-refractivity contribution >= 4 is 23.6 Å². The number of hydrogen-bond acceptors (Lipinski definition) is 4. The van der Waals surface area contributed by atoms with Gasteiger partial charge in [0.1, 0.15) is 0 Å². The number of aryl methyl sites for hydroxylation is 1. The van der Waals surface area contributed by atoms with E-state index in [1.54, 1.807) is 11.8 Å². The molecule has 0 bridgehead atoms. The second kappa shape index (κ2) is 10.5. The van der Waals surface area contributed by atoms with E-state index in [0.29, 0.717) is 32.5 Å². The van der Waals surface area contributed by atoms with Gasteiger partial charge >= 0.3 is 0 Å². The second-order valence-corrected chi connectivity index (χ2v) is 7.42. The fourth-order valence-corrected chi connectivity index (χ4v) is 3.53. The maximum Gasteiger partial charge on any atom is 0.239 e. The van der Waals surface area contributed by atoms with Crippen LogP contribution >= 0.6 is 11.8 Å². The number of rotatable bonds is 7. The highest BCUT2D eigenvalue weighted by Gasteiger charge is 2.25. The van der Waals surface area contributed by atoms with Crippen molar-refractivity contribution in [3.63, 3.8) is 0 Å². The Morgan fingerprint density at radius 3 is 2.52 bits per heavy atom. The summed E-state index contributed by atoms with van der Waals surface area (Å²) in [5.74, 6) is 1.09. The molecule has 1 aliphatic rings. The molecule has 25 heavy (non-hydrogen) atoms. The lowest BCUT2D eigenvalue weighted by Gasteiger charge is -2.24. The summed E-state index contributed by atoms with van der Waals surface area (Å²) >= 11 is 1.70. The van der Waals surface area contributed by atoms with Gasteiger partial charge in [-0.1, -0.05) is 30.3 Å². The quantitative estimate of drug-likeness (QED) is 0.802. The number of carbonyl (C=O) groups is 2. The fourth-order valence-electron chi connectivity index (χ4n) is 3.04. The van der Waals surface area contributed by atoms with E-state index in [4.69, 9.17) is 5.73 Å². The van der Waals surface area contributed by atoms with Crippen LogP contribution in [-0.2, 0) is 16.0 Å². The summed E-state index contributed by atoms with van der Waals surface area (Å²) in [6.45, 7) is 2.60. The van der Waals surface area contributed by atoms with Crippen molar-refractivity contribution in [2.45, 2.75) is 31.7 Å². The highest BCUT2D eigenvalue weighted by molar-refractivity contribution is 7.98. The van der Waals surface area contributed by atoms with Crippen LogP contribution in [0.4, 0.5) is 0 Å². The Labute approximate surface area is 154 Å². The molecule has 138 valence electrons. The van der Waals surface area contributed by atoms with E-state index in [1.165, 1.54) is 5.56 Å². The van der Waals surface area contributed by atoms with Gasteiger partial charge in [-0.05, 0) is 36.8 Å². The number of nitrogens with zero attached hydrogens (tertiary/aromatic N) is 2. The predicted octanol–water partition coefficient (Wildman–Crippen LogP) is 1.76. The lowest BCUT2D eigenvalue weighted by atomic mass is 10.1. The van der Waals surface area contributed by atoms with Gasteiger partial charge in [0.25, 0.3) is 0 Å². The first-order valence-corrected chi connectivity index (χ1v) is 10.4. The maximum absolute atomic E-state index is 12.5. The Balaban J connectivity index is 1.79. The lowest BCUT2D eigenvalue weighted by molar-refractivity contribution is -0.134. The molecule has 1 fully saturated rings. The summed E-state index contributed by atoms with van der Waals surface area (Å²) < 4.78 is 0. The highest BCUT2D eigenvalue weighted by Crippen LogP contribution is 2.10.